The smallest absolute Gasteiger partial charge is 0.240 e. The second-order valence-electron chi connectivity index (χ2n) is 8.15. The van der Waals surface area contributed by atoms with Gasteiger partial charge in [0.15, 0.2) is 9.84 Å². The summed E-state index contributed by atoms with van der Waals surface area (Å²) in [6, 6.07) is 3.83. The first-order valence-electron chi connectivity index (χ1n) is 8.50. The molecule has 0 unspecified atom stereocenters. The van der Waals surface area contributed by atoms with E-state index in [9.17, 15) is 21.9 Å². The summed E-state index contributed by atoms with van der Waals surface area (Å²) in [6.45, 7) is 4.79. The largest absolute Gasteiger partial charge is 0.396 e. The molecule has 1 aromatic carbocycles. The molecule has 2 rings (SSSR count). The van der Waals surface area contributed by atoms with Crippen molar-refractivity contribution in [3.8, 4) is 0 Å². The van der Waals surface area contributed by atoms with E-state index in [1.54, 1.807) is 0 Å². The van der Waals surface area contributed by atoms with Gasteiger partial charge in [0.2, 0.25) is 10.0 Å². The lowest BCUT2D eigenvalue weighted by molar-refractivity contribution is 0.0506. The molecule has 0 spiro atoms. The van der Waals surface area contributed by atoms with Gasteiger partial charge in [-0.3, -0.25) is 0 Å². The van der Waals surface area contributed by atoms with Crippen molar-refractivity contribution in [3.05, 3.63) is 18.2 Å². The first-order chi connectivity index (χ1) is 11.8. The number of aliphatic hydroxyl groups is 1. The van der Waals surface area contributed by atoms with E-state index in [-0.39, 0.29) is 32.9 Å². The van der Waals surface area contributed by atoms with Gasteiger partial charge in [-0.05, 0) is 49.3 Å². The number of hydrogen-bond acceptors (Lipinski definition) is 6. The number of sulfone groups is 1. The molecule has 0 amide bonds. The number of nitrogens with two attached hydrogens (primary N) is 1. The highest BCUT2D eigenvalue weighted by molar-refractivity contribution is 7.91. The minimum absolute atomic E-state index is 0.00219. The Morgan fingerprint density at radius 2 is 1.69 bits per heavy atom. The number of sulfonamides is 1. The first-order valence-corrected chi connectivity index (χ1v) is 11.9. The van der Waals surface area contributed by atoms with Crippen molar-refractivity contribution in [3.63, 3.8) is 0 Å². The molecule has 26 heavy (non-hydrogen) atoms. The average Bonchev–Trinajstić information content (AvgIpc) is 2.52. The Bertz CT molecular complexity index is 866. The zero-order chi connectivity index (χ0) is 19.8. The van der Waals surface area contributed by atoms with Gasteiger partial charge in [0, 0.05) is 18.2 Å². The summed E-state index contributed by atoms with van der Waals surface area (Å²) in [7, 11) is -7.66. The van der Waals surface area contributed by atoms with Crippen LogP contribution < -0.4 is 10.5 Å². The average molecular weight is 405 g/mol. The molecule has 0 aromatic heterocycles. The maximum Gasteiger partial charge on any atom is 0.240 e. The number of nitrogens with one attached hydrogen (secondary N) is 1. The normalized spacial score (nSPS) is 19.9. The van der Waals surface area contributed by atoms with Crippen LogP contribution in [0.5, 0.6) is 0 Å². The van der Waals surface area contributed by atoms with Crippen LogP contribution in [0, 0.1) is 10.8 Å². The lowest BCUT2D eigenvalue weighted by Crippen LogP contribution is -2.39. The lowest BCUT2D eigenvalue weighted by atomic mass is 9.65. The fourth-order valence-electron chi connectivity index (χ4n) is 3.25. The summed E-state index contributed by atoms with van der Waals surface area (Å²) < 4.78 is 47.2. The summed E-state index contributed by atoms with van der Waals surface area (Å²) >= 11 is 0. The fraction of sp³-hybridized carbons (Fsp3) is 0.647. The molecule has 1 aliphatic rings. The molecule has 1 aliphatic carbocycles. The van der Waals surface area contributed by atoms with Gasteiger partial charge in [-0.15, -0.1) is 0 Å². The molecule has 0 heterocycles. The zero-order valence-electron chi connectivity index (χ0n) is 15.4. The second kappa shape index (κ2) is 7.10. The minimum atomic E-state index is -4.10. The van der Waals surface area contributed by atoms with Crippen molar-refractivity contribution in [1.82, 2.24) is 0 Å². The molecule has 7 nitrogen and oxygen atoms in total. The molecule has 1 saturated carbocycles. The van der Waals surface area contributed by atoms with Crippen molar-refractivity contribution >= 4 is 25.5 Å². The third kappa shape index (κ3) is 4.97. The highest BCUT2D eigenvalue weighted by Gasteiger charge is 2.38. The molecule has 0 aliphatic heterocycles. The number of rotatable bonds is 6. The van der Waals surface area contributed by atoms with Crippen LogP contribution in [-0.4, -0.2) is 41.3 Å². The number of primary sulfonamides is 1. The number of hydrogen-bond donors (Lipinski definition) is 3. The summed E-state index contributed by atoms with van der Waals surface area (Å²) in [4.78, 5) is -0.368. The van der Waals surface area contributed by atoms with E-state index in [0.29, 0.717) is 6.54 Å². The Morgan fingerprint density at radius 1 is 1.12 bits per heavy atom. The van der Waals surface area contributed by atoms with Gasteiger partial charge >= 0.3 is 0 Å². The number of aliphatic hydroxyl groups excluding tert-OH is 1. The van der Waals surface area contributed by atoms with Crippen LogP contribution in [0.15, 0.2) is 28.0 Å². The molecule has 1 fully saturated rings. The van der Waals surface area contributed by atoms with Gasteiger partial charge in [0.25, 0.3) is 0 Å². The maximum absolute atomic E-state index is 11.9. The highest BCUT2D eigenvalue weighted by Crippen LogP contribution is 2.45. The Balaban J connectivity index is 2.29. The first kappa shape index (κ1) is 21.1. The summed E-state index contributed by atoms with van der Waals surface area (Å²) in [5.41, 5.74) is 0.153. The Labute approximate surface area is 156 Å². The zero-order valence-corrected chi connectivity index (χ0v) is 17.1. The van der Waals surface area contributed by atoms with Crippen LogP contribution in [0.4, 0.5) is 5.69 Å². The topological polar surface area (TPSA) is 127 Å². The fourth-order valence-corrected chi connectivity index (χ4v) is 4.71. The van der Waals surface area contributed by atoms with Gasteiger partial charge in [0.05, 0.1) is 17.2 Å². The molecule has 0 radical (unpaired) electrons. The molecule has 0 atom stereocenters. The van der Waals surface area contributed by atoms with E-state index in [1.807, 2.05) is 0 Å². The molecule has 4 N–H and O–H groups in total. The Kier molecular flexibility index (Phi) is 5.78. The van der Waals surface area contributed by atoms with Crippen LogP contribution in [0.25, 0.3) is 0 Å². The standard InChI is InChI=1S/C17H28N2O5S2/c1-16(2)6-8-17(12-20,9-7-16)11-19-14-5-4-13(25(3,21)22)10-15(14)26(18,23)24/h4-5,10,19-20H,6-9,11-12H2,1-3H3,(H2,18,23,24). The summed E-state index contributed by atoms with van der Waals surface area (Å²) in [6.07, 6.45) is 4.62. The molecule has 0 saturated heterocycles. The Morgan fingerprint density at radius 3 is 2.15 bits per heavy atom. The van der Waals surface area contributed by atoms with E-state index in [4.69, 9.17) is 5.14 Å². The van der Waals surface area contributed by atoms with Crippen molar-refractivity contribution in [1.29, 1.82) is 0 Å². The molecule has 0 bridgehead atoms. The van der Waals surface area contributed by atoms with Gasteiger partial charge in [-0.2, -0.15) is 0 Å². The summed E-state index contributed by atoms with van der Waals surface area (Å²) in [5.74, 6) is 0. The predicted octanol–water partition coefficient (Wildman–Crippen LogP) is 1.73. The predicted molar refractivity (Wildman–Crippen MR) is 101 cm³/mol. The molecule has 9 heteroatoms. The number of anilines is 1. The summed E-state index contributed by atoms with van der Waals surface area (Å²) in [5, 5.41) is 18.2. The lowest BCUT2D eigenvalue weighted by Gasteiger charge is -2.43. The highest BCUT2D eigenvalue weighted by atomic mass is 32.2. The quantitative estimate of drug-likeness (QED) is 0.663. The van der Waals surface area contributed by atoms with E-state index < -0.39 is 19.9 Å². The maximum atomic E-state index is 11.9. The van der Waals surface area contributed by atoms with Crippen LogP contribution in [0.1, 0.15) is 39.5 Å². The molecular weight excluding hydrogens is 376 g/mol. The van der Waals surface area contributed by atoms with E-state index in [2.05, 4.69) is 19.2 Å². The molecule has 1 aromatic rings. The van der Waals surface area contributed by atoms with Crippen molar-refractivity contribution < 1.29 is 21.9 Å². The van der Waals surface area contributed by atoms with Crippen molar-refractivity contribution in [2.24, 2.45) is 16.0 Å². The van der Waals surface area contributed by atoms with Gasteiger partial charge in [-0.25, -0.2) is 22.0 Å². The SMILES string of the molecule is CC1(C)CCC(CO)(CNc2ccc(S(C)(=O)=O)cc2S(N)(=O)=O)CC1. The van der Waals surface area contributed by atoms with Crippen LogP contribution in [0.3, 0.4) is 0 Å². The van der Waals surface area contributed by atoms with Gasteiger partial charge in [-0.1, -0.05) is 13.8 Å². The molecular formula is C17H28N2O5S2. The van der Waals surface area contributed by atoms with Crippen LogP contribution >= 0.6 is 0 Å². The van der Waals surface area contributed by atoms with E-state index in [0.717, 1.165) is 38.0 Å². The van der Waals surface area contributed by atoms with Gasteiger partial charge in [0.1, 0.15) is 4.90 Å². The third-order valence-corrected chi connectivity index (χ3v) is 7.40. The van der Waals surface area contributed by atoms with E-state index in [1.165, 1.54) is 12.1 Å². The van der Waals surface area contributed by atoms with Crippen LogP contribution in [0.2, 0.25) is 0 Å². The van der Waals surface area contributed by atoms with Crippen molar-refractivity contribution in [2.75, 3.05) is 24.7 Å². The van der Waals surface area contributed by atoms with Gasteiger partial charge < -0.3 is 10.4 Å². The third-order valence-electron chi connectivity index (χ3n) is 5.34. The Hall–Kier alpha value is -1.16. The monoisotopic (exact) mass is 404 g/mol. The van der Waals surface area contributed by atoms with Crippen LogP contribution in [-0.2, 0) is 19.9 Å². The van der Waals surface area contributed by atoms with Crippen molar-refractivity contribution in [2.45, 2.75) is 49.3 Å². The van der Waals surface area contributed by atoms with E-state index >= 15 is 0 Å². The second-order valence-corrected chi connectivity index (χ2v) is 11.7. The minimum Gasteiger partial charge on any atom is -0.396 e. The molecule has 148 valence electrons. The number of benzene rings is 1.